The Kier molecular flexibility index (Phi) is 3.99. The molecule has 24 heavy (non-hydrogen) atoms. The molecule has 1 amide bonds. The van der Waals surface area contributed by atoms with Crippen LogP contribution in [0.4, 0.5) is 0 Å². The van der Waals surface area contributed by atoms with Crippen LogP contribution in [0.1, 0.15) is 29.2 Å². The van der Waals surface area contributed by atoms with Gasteiger partial charge in [-0.2, -0.15) is 0 Å². The van der Waals surface area contributed by atoms with Gasteiger partial charge in [0.25, 0.3) is 0 Å². The van der Waals surface area contributed by atoms with Crippen molar-refractivity contribution in [2.24, 2.45) is 0 Å². The first kappa shape index (κ1) is 15.7. The second kappa shape index (κ2) is 6.11. The molecule has 1 unspecified atom stereocenters. The van der Waals surface area contributed by atoms with Crippen LogP contribution < -0.4 is 10.9 Å². The van der Waals surface area contributed by atoms with Gasteiger partial charge >= 0.3 is 5.63 Å². The molecule has 1 fully saturated rings. The molecule has 1 saturated heterocycles. The summed E-state index contributed by atoms with van der Waals surface area (Å²) in [6.07, 6.45) is 3.15. The van der Waals surface area contributed by atoms with Crippen LogP contribution in [0, 0.1) is 0 Å². The number of phenolic OH excluding ortho intramolecular Hbond substituents is 2. The molecule has 0 aliphatic carbocycles. The Morgan fingerprint density at radius 1 is 1.04 bits per heavy atom. The molecule has 124 valence electrons. The minimum atomic E-state index is -0.690. The summed E-state index contributed by atoms with van der Waals surface area (Å²) in [7, 11) is 0. The van der Waals surface area contributed by atoms with Crippen molar-refractivity contribution in [3.63, 3.8) is 0 Å². The van der Waals surface area contributed by atoms with Crippen molar-refractivity contribution in [3.05, 3.63) is 51.6 Å². The maximum atomic E-state index is 12.1. The molecule has 1 aliphatic heterocycles. The zero-order valence-electron chi connectivity index (χ0n) is 12.5. The molecule has 4 N–H and O–H groups in total. The quantitative estimate of drug-likeness (QED) is 0.634. The number of benzene rings is 1. The number of carbonyl (C=O) groups is 1. The average molecular weight is 329 g/mol. The number of amides is 1. The number of rotatable bonds is 3. The van der Waals surface area contributed by atoms with Crippen molar-refractivity contribution in [1.29, 1.82) is 0 Å². The standard InChI is InChI=1S/C17H15NO6/c19-12-4-2-9(5-13(12)20)1-3-11-7-14(21)16(17(23)24-11)10-6-15(22)18-8-10/h1-5,7,10,19-21H,6,8H2,(H,18,22)/b3-1+. The summed E-state index contributed by atoms with van der Waals surface area (Å²) < 4.78 is 5.16. The first-order valence-corrected chi connectivity index (χ1v) is 7.28. The van der Waals surface area contributed by atoms with E-state index in [0.29, 0.717) is 12.1 Å². The Balaban J connectivity index is 1.87. The normalized spacial score (nSPS) is 17.3. The molecule has 3 rings (SSSR count). The summed E-state index contributed by atoms with van der Waals surface area (Å²) in [5, 5.41) is 31.4. The number of nitrogens with one attached hydrogen (secondary N) is 1. The fourth-order valence-corrected chi connectivity index (χ4v) is 2.60. The van der Waals surface area contributed by atoms with Gasteiger partial charge in [-0.15, -0.1) is 0 Å². The summed E-state index contributed by atoms with van der Waals surface area (Å²) >= 11 is 0. The van der Waals surface area contributed by atoms with Gasteiger partial charge in [-0.25, -0.2) is 4.79 Å². The van der Waals surface area contributed by atoms with Crippen LogP contribution >= 0.6 is 0 Å². The zero-order valence-corrected chi connectivity index (χ0v) is 12.5. The van der Waals surface area contributed by atoms with Gasteiger partial charge in [-0.05, 0) is 23.8 Å². The van der Waals surface area contributed by atoms with Crippen LogP contribution in [0.15, 0.2) is 33.5 Å². The molecule has 7 nitrogen and oxygen atoms in total. The fourth-order valence-electron chi connectivity index (χ4n) is 2.60. The van der Waals surface area contributed by atoms with Crippen LogP contribution in [0.5, 0.6) is 17.2 Å². The predicted molar refractivity (Wildman–Crippen MR) is 85.7 cm³/mol. The molecular formula is C17H15NO6. The highest BCUT2D eigenvalue weighted by molar-refractivity contribution is 5.79. The van der Waals surface area contributed by atoms with Crippen molar-refractivity contribution in [2.45, 2.75) is 12.3 Å². The second-order valence-electron chi connectivity index (χ2n) is 5.52. The third-order valence-electron chi connectivity index (χ3n) is 3.81. The number of phenols is 2. The summed E-state index contributed by atoms with van der Waals surface area (Å²) in [4.78, 5) is 23.3. The molecule has 1 aromatic carbocycles. The highest BCUT2D eigenvalue weighted by Crippen LogP contribution is 2.29. The Morgan fingerprint density at radius 2 is 1.83 bits per heavy atom. The highest BCUT2D eigenvalue weighted by atomic mass is 16.4. The van der Waals surface area contributed by atoms with Gasteiger partial charge in [0.2, 0.25) is 5.91 Å². The van der Waals surface area contributed by atoms with Crippen molar-refractivity contribution in [2.75, 3.05) is 6.54 Å². The lowest BCUT2D eigenvalue weighted by Crippen LogP contribution is -2.16. The minimum absolute atomic E-state index is 0.0905. The van der Waals surface area contributed by atoms with Gasteiger partial charge in [-0.1, -0.05) is 12.1 Å². The molecule has 1 aromatic heterocycles. The lowest BCUT2D eigenvalue weighted by Gasteiger charge is -2.08. The summed E-state index contributed by atoms with van der Waals surface area (Å²) in [5.41, 5.74) is -0.0282. The number of hydrogen-bond donors (Lipinski definition) is 4. The second-order valence-corrected chi connectivity index (χ2v) is 5.52. The number of carbonyl (C=O) groups excluding carboxylic acids is 1. The smallest absolute Gasteiger partial charge is 0.343 e. The van der Waals surface area contributed by atoms with E-state index in [1.54, 1.807) is 12.1 Å². The Hall–Kier alpha value is -3.22. The molecule has 7 heteroatoms. The fraction of sp³-hybridized carbons (Fsp3) is 0.176. The van der Waals surface area contributed by atoms with E-state index in [9.17, 15) is 24.9 Å². The van der Waals surface area contributed by atoms with E-state index in [1.807, 2.05) is 0 Å². The molecule has 2 aromatic rings. The van der Waals surface area contributed by atoms with E-state index in [2.05, 4.69) is 5.32 Å². The molecule has 0 spiro atoms. The van der Waals surface area contributed by atoms with Crippen molar-refractivity contribution >= 4 is 18.1 Å². The van der Waals surface area contributed by atoms with Gasteiger partial charge in [0, 0.05) is 24.9 Å². The lowest BCUT2D eigenvalue weighted by atomic mass is 9.99. The van der Waals surface area contributed by atoms with Crippen LogP contribution in [-0.4, -0.2) is 27.8 Å². The van der Waals surface area contributed by atoms with Crippen LogP contribution in [0.25, 0.3) is 12.2 Å². The lowest BCUT2D eigenvalue weighted by molar-refractivity contribution is -0.119. The van der Waals surface area contributed by atoms with Crippen LogP contribution in [0.3, 0.4) is 0 Å². The van der Waals surface area contributed by atoms with E-state index < -0.39 is 11.5 Å². The first-order valence-electron chi connectivity index (χ1n) is 7.28. The van der Waals surface area contributed by atoms with Crippen LogP contribution in [0.2, 0.25) is 0 Å². The molecule has 0 bridgehead atoms. The Morgan fingerprint density at radius 3 is 2.46 bits per heavy atom. The first-order chi connectivity index (χ1) is 11.4. The monoisotopic (exact) mass is 329 g/mol. The van der Waals surface area contributed by atoms with Crippen molar-refractivity contribution in [1.82, 2.24) is 5.32 Å². The van der Waals surface area contributed by atoms with E-state index in [1.165, 1.54) is 24.3 Å². The van der Waals surface area contributed by atoms with Crippen LogP contribution in [-0.2, 0) is 4.79 Å². The third kappa shape index (κ3) is 3.10. The van der Waals surface area contributed by atoms with Crippen molar-refractivity contribution < 1.29 is 24.5 Å². The molecule has 2 heterocycles. The summed E-state index contributed by atoms with van der Waals surface area (Å²) in [6, 6.07) is 5.54. The largest absolute Gasteiger partial charge is 0.507 e. The van der Waals surface area contributed by atoms with Gasteiger partial charge < -0.3 is 25.1 Å². The van der Waals surface area contributed by atoms with Gasteiger partial charge in [-0.3, -0.25) is 4.79 Å². The van der Waals surface area contributed by atoms with E-state index in [0.717, 1.165) is 0 Å². The highest BCUT2D eigenvalue weighted by Gasteiger charge is 2.28. The Bertz CT molecular complexity index is 883. The molecule has 0 saturated carbocycles. The van der Waals surface area contributed by atoms with E-state index in [4.69, 9.17) is 4.42 Å². The van der Waals surface area contributed by atoms with Gasteiger partial charge in [0.1, 0.15) is 11.5 Å². The SMILES string of the molecule is O=C1CC(c2c(O)cc(/C=C/c3ccc(O)c(O)c3)oc2=O)CN1. The molecule has 1 aliphatic rings. The van der Waals surface area contributed by atoms with Gasteiger partial charge in [0.15, 0.2) is 11.5 Å². The topological polar surface area (TPSA) is 120 Å². The van der Waals surface area contributed by atoms with E-state index >= 15 is 0 Å². The molecular weight excluding hydrogens is 314 g/mol. The third-order valence-corrected chi connectivity index (χ3v) is 3.81. The van der Waals surface area contributed by atoms with Crippen molar-refractivity contribution in [3.8, 4) is 17.2 Å². The number of hydrogen-bond acceptors (Lipinski definition) is 6. The maximum Gasteiger partial charge on any atom is 0.343 e. The molecule has 1 atom stereocenters. The Labute approximate surface area is 136 Å². The average Bonchev–Trinajstić information content (AvgIpc) is 2.94. The minimum Gasteiger partial charge on any atom is -0.507 e. The van der Waals surface area contributed by atoms with Gasteiger partial charge in [0.05, 0.1) is 5.56 Å². The predicted octanol–water partition coefficient (Wildman–Crippen LogP) is 1.53. The number of aromatic hydroxyl groups is 3. The van der Waals surface area contributed by atoms with E-state index in [-0.39, 0.29) is 40.9 Å². The maximum absolute atomic E-state index is 12.1. The zero-order chi connectivity index (χ0) is 17.3. The molecule has 0 radical (unpaired) electrons. The summed E-state index contributed by atoms with van der Waals surface area (Å²) in [6.45, 7) is 0.291. The summed E-state index contributed by atoms with van der Waals surface area (Å²) in [5.74, 6) is -1.17.